The monoisotopic (exact) mass is 371 g/mol. The molecule has 0 unspecified atom stereocenters. The first-order valence-electron chi connectivity index (χ1n) is 9.06. The highest BCUT2D eigenvalue weighted by molar-refractivity contribution is 5.91. The van der Waals surface area contributed by atoms with E-state index in [0.717, 1.165) is 31.2 Å². The van der Waals surface area contributed by atoms with Gasteiger partial charge in [0.25, 0.3) is 5.91 Å². The molecule has 0 aromatic carbocycles. The molecule has 8 nitrogen and oxygen atoms in total. The Balaban J connectivity index is 1.59. The van der Waals surface area contributed by atoms with E-state index >= 15 is 0 Å². The van der Waals surface area contributed by atoms with E-state index in [9.17, 15) is 4.79 Å². The standard InChI is InChI=1S/C19H25N5O3/c1-3-20-19(22-14-15-6-7-17(26-2)21-13-15)24-10-8-23(9-11-24)18(25)16-5-4-12-27-16/h4-7,12-13H,3,8-11,14H2,1-2H3,(H,20,22). The summed E-state index contributed by atoms with van der Waals surface area (Å²) in [6.07, 6.45) is 3.29. The fourth-order valence-corrected chi connectivity index (χ4v) is 2.89. The fourth-order valence-electron chi connectivity index (χ4n) is 2.89. The van der Waals surface area contributed by atoms with Crippen LogP contribution in [0.4, 0.5) is 0 Å². The van der Waals surface area contributed by atoms with Crippen molar-refractivity contribution in [3.8, 4) is 5.88 Å². The number of hydrogen-bond acceptors (Lipinski definition) is 5. The predicted molar refractivity (Wildman–Crippen MR) is 102 cm³/mol. The smallest absolute Gasteiger partial charge is 0.289 e. The minimum absolute atomic E-state index is 0.0640. The van der Waals surface area contributed by atoms with Gasteiger partial charge in [0.05, 0.1) is 19.9 Å². The van der Waals surface area contributed by atoms with Crippen LogP contribution in [-0.2, 0) is 6.54 Å². The molecule has 0 saturated carbocycles. The van der Waals surface area contributed by atoms with Crippen LogP contribution in [0, 0.1) is 0 Å². The van der Waals surface area contributed by atoms with E-state index in [1.165, 1.54) is 6.26 Å². The molecule has 1 fully saturated rings. The van der Waals surface area contributed by atoms with Gasteiger partial charge in [-0.1, -0.05) is 6.07 Å². The predicted octanol–water partition coefficient (Wildman–Crippen LogP) is 1.61. The van der Waals surface area contributed by atoms with Gasteiger partial charge >= 0.3 is 0 Å². The van der Waals surface area contributed by atoms with Crippen molar-refractivity contribution in [1.82, 2.24) is 20.1 Å². The topological polar surface area (TPSA) is 83.2 Å². The first-order chi connectivity index (χ1) is 13.2. The third-order valence-corrected chi connectivity index (χ3v) is 4.35. The maximum Gasteiger partial charge on any atom is 0.289 e. The Bertz CT molecular complexity index is 750. The van der Waals surface area contributed by atoms with Crippen LogP contribution in [0.3, 0.4) is 0 Å². The minimum Gasteiger partial charge on any atom is -0.481 e. The summed E-state index contributed by atoms with van der Waals surface area (Å²) in [4.78, 5) is 25.3. The Kier molecular flexibility index (Phi) is 6.30. The Morgan fingerprint density at radius 2 is 2.04 bits per heavy atom. The molecule has 27 heavy (non-hydrogen) atoms. The lowest BCUT2D eigenvalue weighted by Crippen LogP contribution is -2.53. The zero-order chi connectivity index (χ0) is 19.1. The van der Waals surface area contributed by atoms with E-state index in [2.05, 4.69) is 15.2 Å². The number of aliphatic imine (C=N–C) groups is 1. The van der Waals surface area contributed by atoms with E-state index in [1.54, 1.807) is 25.4 Å². The lowest BCUT2D eigenvalue weighted by molar-refractivity contribution is 0.0657. The van der Waals surface area contributed by atoms with Gasteiger partial charge in [-0.25, -0.2) is 9.98 Å². The van der Waals surface area contributed by atoms with Gasteiger partial charge in [-0.05, 0) is 24.6 Å². The highest BCUT2D eigenvalue weighted by atomic mass is 16.5. The summed E-state index contributed by atoms with van der Waals surface area (Å²) in [5.41, 5.74) is 1.01. The third kappa shape index (κ3) is 4.78. The molecule has 0 spiro atoms. The molecule has 1 amide bonds. The van der Waals surface area contributed by atoms with Gasteiger partial charge in [-0.15, -0.1) is 0 Å². The maximum atomic E-state index is 12.4. The van der Waals surface area contributed by atoms with Gasteiger partial charge < -0.3 is 24.3 Å². The quantitative estimate of drug-likeness (QED) is 0.635. The molecular weight excluding hydrogens is 346 g/mol. The van der Waals surface area contributed by atoms with Gasteiger partial charge in [-0.3, -0.25) is 4.79 Å². The number of carbonyl (C=O) groups is 1. The molecule has 0 radical (unpaired) electrons. The van der Waals surface area contributed by atoms with Crippen LogP contribution in [-0.4, -0.2) is 66.5 Å². The first-order valence-corrected chi connectivity index (χ1v) is 9.06. The second kappa shape index (κ2) is 9.07. The maximum absolute atomic E-state index is 12.4. The van der Waals surface area contributed by atoms with E-state index in [1.807, 2.05) is 24.0 Å². The van der Waals surface area contributed by atoms with Crippen LogP contribution in [0.15, 0.2) is 46.1 Å². The molecule has 1 N–H and O–H groups in total. The van der Waals surface area contributed by atoms with Crippen LogP contribution in [0.2, 0.25) is 0 Å². The molecule has 0 atom stereocenters. The molecule has 3 heterocycles. The number of nitrogens with zero attached hydrogens (tertiary/aromatic N) is 4. The highest BCUT2D eigenvalue weighted by Crippen LogP contribution is 2.11. The molecule has 2 aromatic rings. The fraction of sp³-hybridized carbons (Fsp3) is 0.421. The molecule has 0 aliphatic carbocycles. The van der Waals surface area contributed by atoms with Crippen molar-refractivity contribution in [1.29, 1.82) is 0 Å². The number of furan rings is 1. The van der Waals surface area contributed by atoms with Crippen LogP contribution in [0.5, 0.6) is 5.88 Å². The normalized spacial score (nSPS) is 15.0. The van der Waals surface area contributed by atoms with Crippen LogP contribution >= 0.6 is 0 Å². The summed E-state index contributed by atoms with van der Waals surface area (Å²) in [6, 6.07) is 7.21. The number of carbonyl (C=O) groups excluding carboxylic acids is 1. The van der Waals surface area contributed by atoms with Crippen molar-refractivity contribution in [3.05, 3.63) is 48.0 Å². The molecular formula is C19H25N5O3. The number of piperazine rings is 1. The largest absolute Gasteiger partial charge is 0.481 e. The van der Waals surface area contributed by atoms with Crippen molar-refractivity contribution in [2.75, 3.05) is 39.8 Å². The van der Waals surface area contributed by atoms with Crippen LogP contribution in [0.25, 0.3) is 0 Å². The summed E-state index contributed by atoms with van der Waals surface area (Å²) < 4.78 is 10.3. The number of rotatable bonds is 5. The Morgan fingerprint density at radius 3 is 2.63 bits per heavy atom. The van der Waals surface area contributed by atoms with E-state index in [4.69, 9.17) is 14.1 Å². The van der Waals surface area contributed by atoms with E-state index in [0.29, 0.717) is 31.3 Å². The van der Waals surface area contributed by atoms with Gasteiger partial charge in [-0.2, -0.15) is 0 Å². The van der Waals surface area contributed by atoms with Crippen molar-refractivity contribution >= 4 is 11.9 Å². The SMILES string of the molecule is CCNC(=NCc1ccc(OC)nc1)N1CCN(C(=O)c2ccco2)CC1. The summed E-state index contributed by atoms with van der Waals surface area (Å²) in [5.74, 6) is 1.76. The molecule has 1 aliphatic rings. The summed E-state index contributed by atoms with van der Waals surface area (Å²) in [7, 11) is 1.60. The van der Waals surface area contributed by atoms with Gasteiger partial charge in [0.15, 0.2) is 11.7 Å². The number of guanidine groups is 1. The average molecular weight is 371 g/mol. The van der Waals surface area contributed by atoms with Gasteiger partial charge in [0.1, 0.15) is 0 Å². The first kappa shape index (κ1) is 18.8. The van der Waals surface area contributed by atoms with E-state index < -0.39 is 0 Å². The van der Waals surface area contributed by atoms with Crippen LogP contribution < -0.4 is 10.1 Å². The molecule has 3 rings (SSSR count). The summed E-state index contributed by atoms with van der Waals surface area (Å²) in [6.45, 7) is 6.07. The molecule has 1 aliphatic heterocycles. The Labute approximate surface area is 158 Å². The Hall–Kier alpha value is -3.03. The molecule has 1 saturated heterocycles. The second-order valence-corrected chi connectivity index (χ2v) is 6.14. The second-order valence-electron chi connectivity index (χ2n) is 6.14. The van der Waals surface area contributed by atoms with Gasteiger partial charge in [0.2, 0.25) is 5.88 Å². The highest BCUT2D eigenvalue weighted by Gasteiger charge is 2.25. The van der Waals surface area contributed by atoms with Crippen LogP contribution in [0.1, 0.15) is 23.0 Å². The zero-order valence-electron chi connectivity index (χ0n) is 15.7. The summed E-state index contributed by atoms with van der Waals surface area (Å²) in [5, 5.41) is 3.33. The number of amides is 1. The zero-order valence-corrected chi connectivity index (χ0v) is 15.7. The van der Waals surface area contributed by atoms with Crippen molar-refractivity contribution < 1.29 is 13.9 Å². The average Bonchev–Trinajstić information content (AvgIpc) is 3.26. The van der Waals surface area contributed by atoms with Crippen molar-refractivity contribution in [2.24, 2.45) is 4.99 Å². The van der Waals surface area contributed by atoms with E-state index in [-0.39, 0.29) is 5.91 Å². The van der Waals surface area contributed by atoms with Crippen molar-refractivity contribution in [2.45, 2.75) is 13.5 Å². The van der Waals surface area contributed by atoms with Crippen molar-refractivity contribution in [3.63, 3.8) is 0 Å². The molecule has 8 heteroatoms. The molecule has 144 valence electrons. The lowest BCUT2D eigenvalue weighted by Gasteiger charge is -2.36. The Morgan fingerprint density at radius 1 is 1.26 bits per heavy atom. The number of methoxy groups -OCH3 is 1. The molecule has 2 aromatic heterocycles. The number of aromatic nitrogens is 1. The number of ether oxygens (including phenoxy) is 1. The molecule has 0 bridgehead atoms. The number of pyridine rings is 1. The lowest BCUT2D eigenvalue weighted by atomic mass is 10.3. The minimum atomic E-state index is -0.0640. The van der Waals surface area contributed by atoms with Gasteiger partial charge in [0, 0.05) is 45.0 Å². The number of hydrogen-bond donors (Lipinski definition) is 1. The number of nitrogens with one attached hydrogen (secondary N) is 1. The third-order valence-electron chi connectivity index (χ3n) is 4.35. The summed E-state index contributed by atoms with van der Waals surface area (Å²) >= 11 is 0.